The predicted octanol–water partition coefficient (Wildman–Crippen LogP) is 4.71. The molecule has 1 atom stereocenters. The molecule has 2 aliphatic heterocycles. The third-order valence-electron chi connectivity index (χ3n) is 9.10. The number of carbonyl (C=O) groups is 3. The quantitative estimate of drug-likeness (QED) is 0.364. The van der Waals surface area contributed by atoms with E-state index >= 15 is 0 Å². The standard InChI is InChI=1S/C37H46N4O5/c1-27(28-11-7-5-8-12-28)23-32(42)39-19-15-37(16-20-39,46-35(45)36(2,3)4)26-41-25-31(34(44)40-21-17-38-18-22-40)30(24-33(41)43)29-13-9-6-10-14-29/h5-14,24-25,27,38H,15-23,26H2,1-4H3/t27-/m1/s1. The number of ether oxygens (including phenoxy) is 1. The summed E-state index contributed by atoms with van der Waals surface area (Å²) in [4.78, 5) is 57.9. The van der Waals surface area contributed by atoms with Crippen molar-refractivity contribution in [1.29, 1.82) is 0 Å². The smallest absolute Gasteiger partial charge is 0.311 e. The number of rotatable bonds is 8. The molecule has 2 saturated heterocycles. The number of hydrogen-bond acceptors (Lipinski definition) is 6. The number of piperazine rings is 1. The molecule has 0 aliphatic carbocycles. The summed E-state index contributed by atoms with van der Waals surface area (Å²) in [6.07, 6.45) is 2.79. The highest BCUT2D eigenvalue weighted by Crippen LogP contribution is 2.33. The highest BCUT2D eigenvalue weighted by molar-refractivity contribution is 6.00. The number of esters is 1. The normalized spacial score (nSPS) is 17.3. The van der Waals surface area contributed by atoms with Crippen molar-refractivity contribution in [2.45, 2.75) is 65.0 Å². The fraction of sp³-hybridized carbons (Fsp3) is 0.459. The Morgan fingerprint density at radius 1 is 0.891 bits per heavy atom. The minimum atomic E-state index is -1.01. The number of nitrogens with one attached hydrogen (secondary N) is 1. The van der Waals surface area contributed by atoms with Crippen LogP contribution in [0, 0.1) is 5.41 Å². The lowest BCUT2D eigenvalue weighted by molar-refractivity contribution is -0.177. The molecule has 244 valence electrons. The van der Waals surface area contributed by atoms with Crippen LogP contribution in [0.1, 0.15) is 68.8 Å². The lowest BCUT2D eigenvalue weighted by atomic mass is 9.88. The summed E-state index contributed by atoms with van der Waals surface area (Å²) in [6, 6.07) is 21.0. The summed E-state index contributed by atoms with van der Waals surface area (Å²) >= 11 is 0. The molecule has 1 N–H and O–H groups in total. The molecule has 0 bridgehead atoms. The molecule has 0 radical (unpaired) electrons. The SMILES string of the molecule is C[C@H](CC(=O)N1CCC(Cn2cc(C(=O)N3CCNCC3)c(-c3ccccc3)cc2=O)(OC(=O)C(C)(C)C)CC1)c1ccccc1. The second kappa shape index (κ2) is 14.0. The fourth-order valence-corrected chi connectivity index (χ4v) is 6.17. The second-order valence-electron chi connectivity index (χ2n) is 13.7. The highest BCUT2D eigenvalue weighted by atomic mass is 16.6. The van der Waals surface area contributed by atoms with Crippen LogP contribution in [-0.4, -0.2) is 77.0 Å². The van der Waals surface area contributed by atoms with Gasteiger partial charge < -0.3 is 24.4 Å². The van der Waals surface area contributed by atoms with E-state index in [1.807, 2.05) is 70.5 Å². The molecule has 2 aromatic carbocycles. The number of carbonyl (C=O) groups excluding carboxylic acids is 3. The van der Waals surface area contributed by atoms with Crippen molar-refractivity contribution in [2.75, 3.05) is 39.3 Å². The third-order valence-corrected chi connectivity index (χ3v) is 9.10. The van der Waals surface area contributed by atoms with E-state index in [0.717, 1.165) is 11.1 Å². The van der Waals surface area contributed by atoms with E-state index in [0.29, 0.717) is 69.7 Å². The molecule has 2 fully saturated rings. The summed E-state index contributed by atoms with van der Waals surface area (Å²) in [5.74, 6) is -0.369. The number of hydrogen-bond donors (Lipinski definition) is 1. The first-order valence-electron chi connectivity index (χ1n) is 16.3. The largest absolute Gasteiger partial charge is 0.457 e. The summed E-state index contributed by atoms with van der Waals surface area (Å²) in [5.41, 5.74) is 0.876. The van der Waals surface area contributed by atoms with Crippen molar-refractivity contribution in [3.8, 4) is 11.1 Å². The van der Waals surface area contributed by atoms with Gasteiger partial charge in [-0.15, -0.1) is 0 Å². The lowest BCUT2D eigenvalue weighted by Gasteiger charge is -2.42. The summed E-state index contributed by atoms with van der Waals surface area (Å²) in [6.45, 7) is 10.9. The van der Waals surface area contributed by atoms with Crippen LogP contribution in [0.5, 0.6) is 0 Å². The van der Waals surface area contributed by atoms with E-state index in [4.69, 9.17) is 4.74 Å². The van der Waals surface area contributed by atoms with Gasteiger partial charge in [-0.25, -0.2) is 0 Å². The van der Waals surface area contributed by atoms with Gasteiger partial charge in [-0.1, -0.05) is 67.6 Å². The highest BCUT2D eigenvalue weighted by Gasteiger charge is 2.42. The van der Waals surface area contributed by atoms with Gasteiger partial charge in [0.05, 0.1) is 17.5 Å². The Bertz CT molecular complexity index is 1580. The Balaban J connectivity index is 1.43. The molecule has 2 amide bonds. The Kier molecular flexibility index (Phi) is 10.1. The monoisotopic (exact) mass is 626 g/mol. The third kappa shape index (κ3) is 7.76. The van der Waals surface area contributed by atoms with Crippen molar-refractivity contribution in [2.24, 2.45) is 5.41 Å². The Morgan fingerprint density at radius 2 is 1.50 bits per heavy atom. The van der Waals surface area contributed by atoms with Crippen molar-refractivity contribution in [3.05, 3.63) is 94.4 Å². The van der Waals surface area contributed by atoms with Crippen LogP contribution in [0.25, 0.3) is 11.1 Å². The molecular formula is C37H46N4O5. The number of nitrogens with zero attached hydrogens (tertiary/aromatic N) is 3. The van der Waals surface area contributed by atoms with E-state index in [1.54, 1.807) is 27.0 Å². The van der Waals surface area contributed by atoms with Gasteiger partial charge in [0.15, 0.2) is 0 Å². The molecule has 0 spiro atoms. The van der Waals surface area contributed by atoms with Gasteiger partial charge in [0, 0.05) is 76.4 Å². The van der Waals surface area contributed by atoms with Gasteiger partial charge in [0.1, 0.15) is 5.60 Å². The summed E-state index contributed by atoms with van der Waals surface area (Å²) in [5, 5.41) is 3.28. The molecule has 3 aromatic rings. The molecule has 9 nitrogen and oxygen atoms in total. The van der Waals surface area contributed by atoms with E-state index in [9.17, 15) is 19.2 Å². The minimum Gasteiger partial charge on any atom is -0.457 e. The molecule has 9 heteroatoms. The van der Waals surface area contributed by atoms with Crippen molar-refractivity contribution in [3.63, 3.8) is 0 Å². The van der Waals surface area contributed by atoms with Crippen LogP contribution in [0.3, 0.4) is 0 Å². The van der Waals surface area contributed by atoms with E-state index < -0.39 is 11.0 Å². The van der Waals surface area contributed by atoms with Crippen LogP contribution >= 0.6 is 0 Å². The summed E-state index contributed by atoms with van der Waals surface area (Å²) in [7, 11) is 0. The zero-order valence-corrected chi connectivity index (χ0v) is 27.5. The van der Waals surface area contributed by atoms with Crippen LogP contribution in [0.2, 0.25) is 0 Å². The molecule has 0 saturated carbocycles. The van der Waals surface area contributed by atoms with Gasteiger partial charge in [0.2, 0.25) is 5.91 Å². The van der Waals surface area contributed by atoms with E-state index in [1.165, 1.54) is 10.6 Å². The molecule has 0 unspecified atom stereocenters. The predicted molar refractivity (Wildman–Crippen MR) is 178 cm³/mol. The van der Waals surface area contributed by atoms with Gasteiger partial charge in [-0.2, -0.15) is 0 Å². The molecule has 3 heterocycles. The van der Waals surface area contributed by atoms with Crippen molar-refractivity contribution in [1.82, 2.24) is 19.7 Å². The molecule has 2 aliphatic rings. The first kappa shape index (κ1) is 33.1. The number of pyridine rings is 1. The lowest BCUT2D eigenvalue weighted by Crippen LogP contribution is -2.53. The van der Waals surface area contributed by atoms with Crippen LogP contribution in [0.15, 0.2) is 77.7 Å². The zero-order valence-electron chi connectivity index (χ0n) is 27.5. The average Bonchev–Trinajstić information content (AvgIpc) is 3.06. The maximum absolute atomic E-state index is 13.9. The molecule has 1 aromatic heterocycles. The van der Waals surface area contributed by atoms with Gasteiger partial charge in [-0.05, 0) is 37.8 Å². The minimum absolute atomic E-state index is 0.0559. The number of amides is 2. The number of likely N-dealkylation sites (tertiary alicyclic amines) is 1. The number of benzene rings is 2. The van der Waals surface area contributed by atoms with E-state index in [2.05, 4.69) is 12.2 Å². The maximum atomic E-state index is 13.9. The Hall–Kier alpha value is -4.24. The summed E-state index contributed by atoms with van der Waals surface area (Å²) < 4.78 is 7.79. The van der Waals surface area contributed by atoms with E-state index in [-0.39, 0.29) is 35.8 Å². The Morgan fingerprint density at radius 3 is 2.11 bits per heavy atom. The topological polar surface area (TPSA) is 101 Å². The molecule has 46 heavy (non-hydrogen) atoms. The van der Waals surface area contributed by atoms with Crippen molar-refractivity contribution < 1.29 is 19.1 Å². The Labute approximate surface area is 271 Å². The number of aromatic nitrogens is 1. The van der Waals surface area contributed by atoms with Crippen LogP contribution in [-0.2, 0) is 20.9 Å². The van der Waals surface area contributed by atoms with Crippen LogP contribution < -0.4 is 10.9 Å². The number of piperidine rings is 1. The van der Waals surface area contributed by atoms with Gasteiger partial charge in [-0.3, -0.25) is 19.2 Å². The molecule has 5 rings (SSSR count). The first-order chi connectivity index (χ1) is 22.0. The van der Waals surface area contributed by atoms with Gasteiger partial charge >= 0.3 is 5.97 Å². The molecular weight excluding hydrogens is 580 g/mol. The van der Waals surface area contributed by atoms with Crippen molar-refractivity contribution >= 4 is 17.8 Å². The second-order valence-corrected chi connectivity index (χ2v) is 13.7. The van der Waals surface area contributed by atoms with Crippen LogP contribution in [0.4, 0.5) is 0 Å². The van der Waals surface area contributed by atoms with Gasteiger partial charge in [0.25, 0.3) is 11.5 Å². The fourth-order valence-electron chi connectivity index (χ4n) is 6.17. The zero-order chi connectivity index (χ0) is 32.9. The first-order valence-corrected chi connectivity index (χ1v) is 16.3. The average molecular weight is 627 g/mol. The maximum Gasteiger partial charge on any atom is 0.311 e.